The van der Waals surface area contributed by atoms with Crippen LogP contribution in [0.1, 0.15) is 24.1 Å². The van der Waals surface area contributed by atoms with Crippen LogP contribution in [-0.4, -0.2) is 35.4 Å². The van der Waals surface area contributed by atoms with Gasteiger partial charge < -0.3 is 10.2 Å². The molecule has 2 heterocycles. The van der Waals surface area contributed by atoms with Crippen molar-refractivity contribution in [3.05, 3.63) is 59.9 Å². The number of carbonyl (C=O) groups is 1. The highest BCUT2D eigenvalue weighted by atomic mass is 16.2. The number of anilines is 1. The summed E-state index contributed by atoms with van der Waals surface area (Å²) in [5.41, 5.74) is 3.31. The van der Waals surface area contributed by atoms with Crippen molar-refractivity contribution in [3.63, 3.8) is 0 Å². The maximum atomic E-state index is 12.4. The van der Waals surface area contributed by atoms with E-state index >= 15 is 0 Å². The molecular formula is C20H25N3O. The van der Waals surface area contributed by atoms with Crippen molar-refractivity contribution in [3.8, 4) is 0 Å². The SMILES string of the molecule is Cc1cc(NCC(=O)N2CCC(Cc3ccccc3)CC2)ccn1. The zero-order chi connectivity index (χ0) is 16.8. The first-order valence-electron chi connectivity index (χ1n) is 8.69. The van der Waals surface area contributed by atoms with Gasteiger partial charge in [-0.25, -0.2) is 0 Å². The summed E-state index contributed by atoms with van der Waals surface area (Å²) in [6, 6.07) is 14.5. The summed E-state index contributed by atoms with van der Waals surface area (Å²) >= 11 is 0. The average molecular weight is 323 g/mol. The third-order valence-corrected chi connectivity index (χ3v) is 4.67. The van der Waals surface area contributed by atoms with Crippen molar-refractivity contribution < 1.29 is 4.79 Å². The zero-order valence-corrected chi connectivity index (χ0v) is 14.2. The molecule has 1 N–H and O–H groups in total. The minimum atomic E-state index is 0.183. The fraction of sp³-hybridized carbons (Fsp3) is 0.400. The lowest BCUT2D eigenvalue weighted by Gasteiger charge is -2.32. The molecule has 1 fully saturated rings. The second kappa shape index (κ2) is 7.95. The minimum Gasteiger partial charge on any atom is -0.376 e. The number of aryl methyl sites for hydroxylation is 1. The molecular weight excluding hydrogens is 298 g/mol. The number of aromatic nitrogens is 1. The molecule has 1 aromatic carbocycles. The molecule has 4 heteroatoms. The summed E-state index contributed by atoms with van der Waals surface area (Å²) in [7, 11) is 0. The van der Waals surface area contributed by atoms with Gasteiger partial charge in [-0.2, -0.15) is 0 Å². The molecule has 0 saturated carbocycles. The first-order valence-corrected chi connectivity index (χ1v) is 8.69. The van der Waals surface area contributed by atoms with E-state index in [-0.39, 0.29) is 5.91 Å². The maximum Gasteiger partial charge on any atom is 0.241 e. The Morgan fingerprint density at radius 3 is 2.67 bits per heavy atom. The first-order chi connectivity index (χ1) is 11.7. The Morgan fingerprint density at radius 1 is 1.21 bits per heavy atom. The summed E-state index contributed by atoms with van der Waals surface area (Å²) in [6.07, 6.45) is 5.07. The van der Waals surface area contributed by atoms with Crippen molar-refractivity contribution in [2.45, 2.75) is 26.2 Å². The maximum absolute atomic E-state index is 12.4. The summed E-state index contributed by atoms with van der Waals surface area (Å²) in [5, 5.41) is 3.20. The van der Waals surface area contributed by atoms with Gasteiger partial charge in [0.25, 0.3) is 0 Å². The van der Waals surface area contributed by atoms with Crippen LogP contribution in [0.3, 0.4) is 0 Å². The lowest BCUT2D eigenvalue weighted by molar-refractivity contribution is -0.130. The molecule has 2 aromatic rings. The molecule has 1 aromatic heterocycles. The molecule has 1 aliphatic heterocycles. The monoisotopic (exact) mass is 323 g/mol. The molecule has 4 nitrogen and oxygen atoms in total. The van der Waals surface area contributed by atoms with Gasteiger partial charge in [0.05, 0.1) is 6.54 Å². The second-order valence-electron chi connectivity index (χ2n) is 6.55. The van der Waals surface area contributed by atoms with Crippen LogP contribution in [0, 0.1) is 12.8 Å². The van der Waals surface area contributed by atoms with Crippen LogP contribution >= 0.6 is 0 Å². The number of likely N-dealkylation sites (tertiary alicyclic amines) is 1. The highest BCUT2D eigenvalue weighted by molar-refractivity contribution is 5.80. The van der Waals surface area contributed by atoms with E-state index in [2.05, 4.69) is 40.6 Å². The Bertz CT molecular complexity index is 664. The van der Waals surface area contributed by atoms with E-state index in [1.165, 1.54) is 5.56 Å². The largest absolute Gasteiger partial charge is 0.376 e. The fourth-order valence-corrected chi connectivity index (χ4v) is 3.28. The zero-order valence-electron chi connectivity index (χ0n) is 14.2. The topological polar surface area (TPSA) is 45.2 Å². The molecule has 0 aliphatic carbocycles. The van der Waals surface area contributed by atoms with Crippen LogP contribution in [0.4, 0.5) is 5.69 Å². The van der Waals surface area contributed by atoms with Gasteiger partial charge in [0, 0.05) is 30.7 Å². The summed E-state index contributed by atoms with van der Waals surface area (Å²) in [6.45, 7) is 4.04. The van der Waals surface area contributed by atoms with E-state index in [9.17, 15) is 4.79 Å². The third kappa shape index (κ3) is 4.57. The highest BCUT2D eigenvalue weighted by Gasteiger charge is 2.22. The van der Waals surface area contributed by atoms with Gasteiger partial charge in [0.15, 0.2) is 0 Å². The van der Waals surface area contributed by atoms with Crippen LogP contribution in [0.25, 0.3) is 0 Å². The van der Waals surface area contributed by atoms with Crippen molar-refractivity contribution >= 4 is 11.6 Å². The van der Waals surface area contributed by atoms with E-state index in [1.807, 2.05) is 24.0 Å². The Labute approximate surface area is 143 Å². The van der Waals surface area contributed by atoms with Gasteiger partial charge >= 0.3 is 0 Å². The molecule has 24 heavy (non-hydrogen) atoms. The molecule has 3 rings (SSSR count). The van der Waals surface area contributed by atoms with Crippen LogP contribution in [0.5, 0.6) is 0 Å². The molecule has 0 radical (unpaired) electrons. The minimum absolute atomic E-state index is 0.183. The average Bonchev–Trinajstić information content (AvgIpc) is 2.61. The van der Waals surface area contributed by atoms with Crippen LogP contribution in [0.2, 0.25) is 0 Å². The molecule has 1 saturated heterocycles. The smallest absolute Gasteiger partial charge is 0.241 e. The highest BCUT2D eigenvalue weighted by Crippen LogP contribution is 2.21. The van der Waals surface area contributed by atoms with Gasteiger partial charge in [-0.3, -0.25) is 9.78 Å². The van der Waals surface area contributed by atoms with Crippen molar-refractivity contribution in [1.29, 1.82) is 0 Å². The number of benzene rings is 1. The van der Waals surface area contributed by atoms with E-state index in [1.54, 1.807) is 6.20 Å². The van der Waals surface area contributed by atoms with Crippen molar-refractivity contribution in [2.75, 3.05) is 25.0 Å². The Morgan fingerprint density at radius 2 is 1.96 bits per heavy atom. The molecule has 1 aliphatic rings. The van der Waals surface area contributed by atoms with Gasteiger partial charge in [0.2, 0.25) is 5.91 Å². The summed E-state index contributed by atoms with van der Waals surface area (Å²) in [4.78, 5) is 18.5. The number of piperidine rings is 1. The van der Waals surface area contributed by atoms with E-state index in [0.29, 0.717) is 12.5 Å². The molecule has 126 valence electrons. The number of nitrogens with zero attached hydrogens (tertiary/aromatic N) is 2. The molecule has 0 spiro atoms. The molecule has 0 bridgehead atoms. The van der Waals surface area contributed by atoms with Gasteiger partial charge in [-0.05, 0) is 49.8 Å². The van der Waals surface area contributed by atoms with E-state index < -0.39 is 0 Å². The molecule has 0 atom stereocenters. The standard InChI is InChI=1S/C20H25N3O/c1-16-13-19(7-10-21-16)22-15-20(24)23-11-8-18(9-12-23)14-17-5-3-2-4-6-17/h2-7,10,13,18H,8-9,11-12,14-15H2,1H3,(H,21,22). The Balaban J connectivity index is 1.43. The lowest BCUT2D eigenvalue weighted by Crippen LogP contribution is -2.41. The number of carbonyl (C=O) groups excluding carboxylic acids is 1. The van der Waals surface area contributed by atoms with Crippen LogP contribution in [-0.2, 0) is 11.2 Å². The third-order valence-electron chi connectivity index (χ3n) is 4.67. The lowest BCUT2D eigenvalue weighted by atomic mass is 9.90. The Hall–Kier alpha value is -2.36. The summed E-state index contributed by atoms with van der Waals surface area (Å²) in [5.74, 6) is 0.870. The number of nitrogens with one attached hydrogen (secondary N) is 1. The van der Waals surface area contributed by atoms with Crippen molar-refractivity contribution in [2.24, 2.45) is 5.92 Å². The van der Waals surface area contributed by atoms with E-state index in [4.69, 9.17) is 0 Å². The molecule has 0 unspecified atom stereocenters. The van der Waals surface area contributed by atoms with E-state index in [0.717, 1.165) is 43.7 Å². The predicted molar refractivity (Wildman–Crippen MR) is 96.9 cm³/mol. The fourth-order valence-electron chi connectivity index (χ4n) is 3.28. The number of hydrogen-bond acceptors (Lipinski definition) is 3. The normalized spacial score (nSPS) is 15.3. The van der Waals surface area contributed by atoms with Crippen molar-refractivity contribution in [1.82, 2.24) is 9.88 Å². The predicted octanol–water partition coefficient (Wildman–Crippen LogP) is 3.28. The second-order valence-corrected chi connectivity index (χ2v) is 6.55. The number of pyridine rings is 1. The van der Waals surface area contributed by atoms with Crippen LogP contribution < -0.4 is 5.32 Å². The van der Waals surface area contributed by atoms with Gasteiger partial charge in [0.1, 0.15) is 0 Å². The first kappa shape index (κ1) is 16.5. The van der Waals surface area contributed by atoms with Gasteiger partial charge in [-0.15, -0.1) is 0 Å². The number of hydrogen-bond donors (Lipinski definition) is 1. The van der Waals surface area contributed by atoms with Gasteiger partial charge in [-0.1, -0.05) is 30.3 Å². The van der Waals surface area contributed by atoms with Crippen LogP contribution in [0.15, 0.2) is 48.7 Å². The number of amides is 1. The summed E-state index contributed by atoms with van der Waals surface area (Å²) < 4.78 is 0. The Kier molecular flexibility index (Phi) is 5.47. The molecule has 1 amide bonds. The number of rotatable bonds is 5. The quantitative estimate of drug-likeness (QED) is 0.918.